The summed E-state index contributed by atoms with van der Waals surface area (Å²) in [4.78, 5) is 13.1. The number of aromatic hydroxyl groups is 2. The predicted octanol–water partition coefficient (Wildman–Crippen LogP) is 5.09. The van der Waals surface area contributed by atoms with Crippen molar-refractivity contribution < 1.29 is 24.9 Å². The van der Waals surface area contributed by atoms with Crippen LogP contribution in [0.4, 0.5) is 0 Å². The molecule has 0 aromatic heterocycles. The Morgan fingerprint density at radius 2 is 1.52 bits per heavy atom. The van der Waals surface area contributed by atoms with Gasteiger partial charge in [0, 0.05) is 0 Å². The van der Waals surface area contributed by atoms with Gasteiger partial charge in [-0.05, 0) is 75.4 Å². The number of ether oxygens (including phenoxy) is 1. The van der Waals surface area contributed by atoms with E-state index in [-0.39, 0.29) is 40.5 Å². The van der Waals surface area contributed by atoms with Crippen molar-refractivity contribution in [3.05, 3.63) is 75.9 Å². The van der Waals surface area contributed by atoms with Crippen molar-refractivity contribution in [1.82, 2.24) is 0 Å². The highest BCUT2D eigenvalue weighted by atomic mass is 16.5. The molecule has 0 bridgehead atoms. The first-order chi connectivity index (χ1) is 14.6. The number of hydrogen-bond acceptors (Lipinski definition) is 5. The number of carbonyl (C=O) groups excluding carboxylic acids is 1. The molecule has 5 nitrogen and oxygen atoms in total. The summed E-state index contributed by atoms with van der Waals surface area (Å²) < 4.78 is 5.45. The molecule has 31 heavy (non-hydrogen) atoms. The molecule has 0 heterocycles. The monoisotopic (exact) mass is 421 g/mol. The Morgan fingerprint density at radius 3 is 2.03 bits per heavy atom. The van der Waals surface area contributed by atoms with Crippen LogP contribution >= 0.6 is 0 Å². The first kappa shape index (κ1) is 23.8. The summed E-state index contributed by atoms with van der Waals surface area (Å²) in [5.41, 5.74) is 3.24. The van der Waals surface area contributed by atoms with Gasteiger partial charge in [-0.2, -0.15) is 0 Å². The van der Waals surface area contributed by atoms with Crippen molar-refractivity contribution in [1.29, 1.82) is 0 Å². The lowest BCUT2D eigenvalue weighted by Crippen LogP contribution is -2.10. The lowest BCUT2D eigenvalue weighted by Gasteiger charge is -2.24. The molecule has 0 radical (unpaired) electrons. The van der Waals surface area contributed by atoms with Gasteiger partial charge in [0.2, 0.25) is 0 Å². The van der Waals surface area contributed by atoms with Gasteiger partial charge < -0.3 is 20.1 Å². The van der Waals surface area contributed by atoms with E-state index in [1.165, 1.54) is 25.3 Å². The minimum absolute atomic E-state index is 0.0218. The van der Waals surface area contributed by atoms with Crippen molar-refractivity contribution in [2.75, 3.05) is 7.11 Å². The number of phenols is 2. The van der Waals surface area contributed by atoms with Crippen LogP contribution in [-0.4, -0.2) is 23.1 Å². The lowest BCUT2D eigenvalue weighted by molar-refractivity contribution is -0.270. The molecule has 0 spiro atoms. The lowest BCUT2D eigenvalue weighted by atomic mass is 9.93. The molecule has 0 saturated heterocycles. The number of allylic oxidation sites excluding steroid dienone is 5. The SMILES string of the molecule is COc1c(CC=C(C)C)c([O-])c(CC=C(C)C)c(O)c1C(=O)/C=C/c1ccc(O)cc1. The molecular formula is C26H29O5-. The molecule has 0 fully saturated rings. The molecule has 0 amide bonds. The summed E-state index contributed by atoms with van der Waals surface area (Å²) in [5.74, 6) is -0.911. The highest BCUT2D eigenvalue weighted by molar-refractivity contribution is 6.11. The summed E-state index contributed by atoms with van der Waals surface area (Å²) in [7, 11) is 1.39. The first-order valence-corrected chi connectivity index (χ1v) is 10.1. The molecule has 0 aliphatic carbocycles. The third-order valence-corrected chi connectivity index (χ3v) is 4.77. The van der Waals surface area contributed by atoms with Crippen LogP contribution in [0.1, 0.15) is 54.7 Å². The molecule has 2 aromatic rings. The Hall–Kier alpha value is -3.47. The van der Waals surface area contributed by atoms with E-state index < -0.39 is 5.78 Å². The third kappa shape index (κ3) is 6.01. The van der Waals surface area contributed by atoms with Gasteiger partial charge in [0.1, 0.15) is 22.8 Å². The largest absolute Gasteiger partial charge is 0.872 e. The van der Waals surface area contributed by atoms with E-state index in [1.807, 2.05) is 39.8 Å². The number of hydrogen-bond donors (Lipinski definition) is 2. The van der Waals surface area contributed by atoms with Crippen molar-refractivity contribution in [2.45, 2.75) is 40.5 Å². The van der Waals surface area contributed by atoms with Crippen molar-refractivity contribution in [3.63, 3.8) is 0 Å². The number of carbonyl (C=O) groups is 1. The Labute approximate surface area is 183 Å². The van der Waals surface area contributed by atoms with E-state index in [2.05, 4.69) is 0 Å². The molecule has 2 rings (SSSR count). The van der Waals surface area contributed by atoms with Crippen LogP contribution in [0, 0.1) is 0 Å². The van der Waals surface area contributed by atoms with Crippen LogP contribution < -0.4 is 9.84 Å². The summed E-state index contributed by atoms with van der Waals surface area (Å²) in [5, 5.41) is 33.4. The summed E-state index contributed by atoms with van der Waals surface area (Å²) >= 11 is 0. The van der Waals surface area contributed by atoms with E-state index >= 15 is 0 Å². The number of benzene rings is 2. The van der Waals surface area contributed by atoms with Crippen LogP contribution in [0.25, 0.3) is 6.08 Å². The number of rotatable bonds is 8. The second kappa shape index (κ2) is 10.5. The van der Waals surface area contributed by atoms with Gasteiger partial charge >= 0.3 is 0 Å². The van der Waals surface area contributed by atoms with Gasteiger partial charge in [-0.25, -0.2) is 0 Å². The van der Waals surface area contributed by atoms with E-state index in [0.717, 1.165) is 11.1 Å². The Balaban J connectivity index is 2.64. The van der Waals surface area contributed by atoms with Gasteiger partial charge in [0.15, 0.2) is 5.78 Å². The molecular weight excluding hydrogens is 392 g/mol. The van der Waals surface area contributed by atoms with Crippen LogP contribution in [0.3, 0.4) is 0 Å². The average molecular weight is 422 g/mol. The fraction of sp³-hybridized carbons (Fsp3) is 0.269. The molecule has 0 saturated carbocycles. The zero-order valence-corrected chi connectivity index (χ0v) is 18.7. The maximum Gasteiger partial charge on any atom is 0.193 e. The van der Waals surface area contributed by atoms with E-state index in [0.29, 0.717) is 17.5 Å². The minimum Gasteiger partial charge on any atom is -0.872 e. The smallest absolute Gasteiger partial charge is 0.193 e. The molecule has 164 valence electrons. The van der Waals surface area contributed by atoms with Gasteiger partial charge in [-0.1, -0.05) is 47.3 Å². The number of methoxy groups -OCH3 is 1. The van der Waals surface area contributed by atoms with Crippen LogP contribution in [0.5, 0.6) is 23.0 Å². The number of phenolic OH excluding ortho intramolecular Hbond substituents is 2. The summed E-state index contributed by atoms with van der Waals surface area (Å²) in [6.45, 7) is 7.66. The first-order valence-electron chi connectivity index (χ1n) is 10.1. The maximum absolute atomic E-state index is 13.1. The van der Waals surface area contributed by atoms with Crippen molar-refractivity contribution in [2.24, 2.45) is 0 Å². The molecule has 0 atom stereocenters. The van der Waals surface area contributed by atoms with E-state index in [1.54, 1.807) is 18.2 Å². The van der Waals surface area contributed by atoms with E-state index in [9.17, 15) is 20.1 Å². The molecule has 0 aliphatic rings. The highest BCUT2D eigenvalue weighted by Gasteiger charge is 2.23. The third-order valence-electron chi connectivity index (χ3n) is 4.77. The Kier molecular flexibility index (Phi) is 8.08. The second-order valence-electron chi connectivity index (χ2n) is 7.80. The van der Waals surface area contributed by atoms with Gasteiger partial charge in [-0.15, -0.1) is 0 Å². The normalized spacial score (nSPS) is 10.7. The van der Waals surface area contributed by atoms with E-state index in [4.69, 9.17) is 4.74 Å². The maximum atomic E-state index is 13.1. The Bertz CT molecular complexity index is 1030. The van der Waals surface area contributed by atoms with Gasteiger partial charge in [0.25, 0.3) is 0 Å². The minimum atomic E-state index is -0.473. The Morgan fingerprint density at radius 1 is 0.968 bits per heavy atom. The average Bonchev–Trinajstić information content (AvgIpc) is 2.71. The van der Waals surface area contributed by atoms with Crippen LogP contribution in [-0.2, 0) is 12.8 Å². The topological polar surface area (TPSA) is 89.8 Å². The molecule has 5 heteroatoms. The zero-order valence-electron chi connectivity index (χ0n) is 18.7. The highest BCUT2D eigenvalue weighted by Crippen LogP contribution is 2.42. The standard InChI is InChI=1S/C26H30O5/c1-16(2)6-13-20-24(29)21(14-7-17(3)4)26(31-5)23(25(20)30)22(28)15-10-18-8-11-19(27)12-9-18/h6-12,15,27,29-30H,13-14H2,1-5H3/p-1/b15-10+. The fourth-order valence-corrected chi connectivity index (χ4v) is 3.08. The van der Waals surface area contributed by atoms with Crippen LogP contribution in [0.2, 0.25) is 0 Å². The summed E-state index contributed by atoms with van der Waals surface area (Å²) in [6, 6.07) is 6.36. The fourth-order valence-electron chi connectivity index (χ4n) is 3.08. The van der Waals surface area contributed by atoms with Crippen LogP contribution in [0.15, 0.2) is 53.6 Å². The second-order valence-corrected chi connectivity index (χ2v) is 7.80. The van der Waals surface area contributed by atoms with Crippen molar-refractivity contribution >= 4 is 11.9 Å². The zero-order chi connectivity index (χ0) is 23.1. The predicted molar refractivity (Wildman–Crippen MR) is 122 cm³/mol. The number of ketones is 1. The van der Waals surface area contributed by atoms with Crippen molar-refractivity contribution in [3.8, 4) is 23.0 Å². The molecule has 2 aromatic carbocycles. The quantitative estimate of drug-likeness (QED) is 0.352. The van der Waals surface area contributed by atoms with Gasteiger partial charge in [0.05, 0.1) is 7.11 Å². The molecule has 0 unspecified atom stereocenters. The summed E-state index contributed by atoms with van der Waals surface area (Å²) in [6.07, 6.45) is 7.16. The molecule has 0 aliphatic heterocycles. The molecule has 2 N–H and O–H groups in total. The van der Waals surface area contributed by atoms with Gasteiger partial charge in [-0.3, -0.25) is 4.79 Å².